The predicted molar refractivity (Wildman–Crippen MR) is 123 cm³/mol. The lowest BCUT2D eigenvalue weighted by atomic mass is 9.71. The Morgan fingerprint density at radius 2 is 2.03 bits per heavy atom. The van der Waals surface area contributed by atoms with Gasteiger partial charge in [-0.25, -0.2) is 0 Å². The van der Waals surface area contributed by atoms with Crippen LogP contribution in [0, 0.1) is 5.92 Å². The summed E-state index contributed by atoms with van der Waals surface area (Å²) in [4.78, 5) is 11.3. The standard InChI is InChI=1S/C26H34N2O3/c1-18(29)30-17-23(9-5-8-19-6-3-2-4-7-19)31-22-12-13-24-25-14-21(27)11-10-20(25)16-28-26(24)15-22/h2-4,6-7,12-13,15,20-21,23,25,28H,5,8-11,14,16-17,27H2,1H3/t20-,21?,23?,25+/m0/s1. The Morgan fingerprint density at radius 1 is 1.19 bits per heavy atom. The molecule has 0 saturated heterocycles. The van der Waals surface area contributed by atoms with Crippen molar-refractivity contribution in [3.8, 4) is 5.75 Å². The van der Waals surface area contributed by atoms with Crippen LogP contribution in [-0.4, -0.2) is 31.3 Å². The number of hydrogen-bond acceptors (Lipinski definition) is 5. The summed E-state index contributed by atoms with van der Waals surface area (Å²) in [5.74, 6) is 1.76. The fourth-order valence-electron chi connectivity index (χ4n) is 4.97. The third kappa shape index (κ3) is 5.79. The normalized spacial score (nSPS) is 23.1. The molecule has 1 fully saturated rings. The summed E-state index contributed by atoms with van der Waals surface area (Å²) in [6.07, 6.45) is 6.00. The lowest BCUT2D eigenvalue weighted by Crippen LogP contribution is -2.37. The summed E-state index contributed by atoms with van der Waals surface area (Å²) < 4.78 is 11.6. The molecule has 2 aromatic carbocycles. The van der Waals surface area contributed by atoms with Gasteiger partial charge in [0.2, 0.25) is 0 Å². The van der Waals surface area contributed by atoms with Gasteiger partial charge in [-0.05, 0) is 67.6 Å². The van der Waals surface area contributed by atoms with Crippen molar-refractivity contribution in [2.24, 2.45) is 11.7 Å². The lowest BCUT2D eigenvalue weighted by Gasteiger charge is -2.40. The first-order valence-corrected chi connectivity index (χ1v) is 11.6. The van der Waals surface area contributed by atoms with E-state index in [0.717, 1.165) is 50.1 Å². The minimum Gasteiger partial charge on any atom is -0.487 e. The highest BCUT2D eigenvalue weighted by Gasteiger charge is 2.34. The number of esters is 1. The monoisotopic (exact) mass is 422 g/mol. The third-order valence-corrected chi connectivity index (χ3v) is 6.62. The summed E-state index contributed by atoms with van der Waals surface area (Å²) in [5.41, 5.74) is 10.1. The van der Waals surface area contributed by atoms with E-state index in [0.29, 0.717) is 17.9 Å². The number of nitrogens with two attached hydrogens (primary N) is 1. The number of fused-ring (bicyclic) bond motifs is 3. The van der Waals surface area contributed by atoms with Crippen molar-refractivity contribution in [1.29, 1.82) is 0 Å². The van der Waals surface area contributed by atoms with Crippen molar-refractivity contribution in [2.45, 2.75) is 63.5 Å². The second kappa shape index (κ2) is 10.2. The zero-order chi connectivity index (χ0) is 21.6. The number of rotatable bonds is 8. The van der Waals surface area contributed by atoms with Crippen LogP contribution in [0.3, 0.4) is 0 Å². The quantitative estimate of drug-likeness (QED) is 0.606. The van der Waals surface area contributed by atoms with E-state index in [1.54, 1.807) is 0 Å². The molecule has 1 heterocycles. The number of carbonyl (C=O) groups excluding carboxylic acids is 1. The molecule has 1 aliphatic heterocycles. The first kappa shape index (κ1) is 21.7. The molecule has 1 saturated carbocycles. The van der Waals surface area contributed by atoms with Crippen LogP contribution < -0.4 is 15.8 Å². The van der Waals surface area contributed by atoms with E-state index in [4.69, 9.17) is 15.2 Å². The zero-order valence-corrected chi connectivity index (χ0v) is 18.4. The fourth-order valence-corrected chi connectivity index (χ4v) is 4.97. The van der Waals surface area contributed by atoms with Crippen LogP contribution in [0.4, 0.5) is 5.69 Å². The highest BCUT2D eigenvalue weighted by atomic mass is 16.6. The summed E-state index contributed by atoms with van der Waals surface area (Å²) in [6.45, 7) is 2.71. The Morgan fingerprint density at radius 3 is 2.84 bits per heavy atom. The molecule has 31 heavy (non-hydrogen) atoms. The van der Waals surface area contributed by atoms with Gasteiger partial charge in [0.25, 0.3) is 0 Å². The van der Waals surface area contributed by atoms with Gasteiger partial charge in [0.15, 0.2) is 0 Å². The second-order valence-electron chi connectivity index (χ2n) is 8.99. The van der Waals surface area contributed by atoms with Gasteiger partial charge >= 0.3 is 5.97 Å². The molecule has 0 bridgehead atoms. The third-order valence-electron chi connectivity index (χ3n) is 6.62. The minimum atomic E-state index is -0.275. The van der Waals surface area contributed by atoms with Gasteiger partial charge < -0.3 is 20.5 Å². The van der Waals surface area contributed by atoms with Gasteiger partial charge in [-0.15, -0.1) is 0 Å². The van der Waals surface area contributed by atoms with E-state index in [1.807, 2.05) is 6.07 Å². The van der Waals surface area contributed by atoms with Gasteiger partial charge in [0, 0.05) is 31.3 Å². The summed E-state index contributed by atoms with van der Waals surface area (Å²) in [7, 11) is 0. The van der Waals surface area contributed by atoms with E-state index in [2.05, 4.69) is 47.8 Å². The van der Waals surface area contributed by atoms with Crippen LogP contribution in [0.5, 0.6) is 5.75 Å². The van der Waals surface area contributed by atoms with E-state index < -0.39 is 0 Å². The van der Waals surface area contributed by atoms with Crippen LogP contribution >= 0.6 is 0 Å². The van der Waals surface area contributed by atoms with Crippen molar-refractivity contribution < 1.29 is 14.3 Å². The van der Waals surface area contributed by atoms with Crippen LogP contribution in [0.2, 0.25) is 0 Å². The van der Waals surface area contributed by atoms with Gasteiger partial charge in [-0.3, -0.25) is 4.79 Å². The maximum absolute atomic E-state index is 11.3. The molecule has 0 spiro atoms. The molecular formula is C26H34N2O3. The molecule has 5 heteroatoms. The van der Waals surface area contributed by atoms with Gasteiger partial charge in [0.1, 0.15) is 18.5 Å². The zero-order valence-electron chi connectivity index (χ0n) is 18.4. The Bertz CT molecular complexity index is 870. The molecule has 0 radical (unpaired) electrons. The molecule has 0 amide bonds. The molecule has 3 N–H and O–H groups in total. The largest absolute Gasteiger partial charge is 0.487 e. The first-order chi connectivity index (χ1) is 15.1. The van der Waals surface area contributed by atoms with E-state index in [9.17, 15) is 4.79 Å². The number of anilines is 1. The highest BCUT2D eigenvalue weighted by molar-refractivity contribution is 5.65. The maximum atomic E-state index is 11.3. The summed E-state index contributed by atoms with van der Waals surface area (Å²) in [6, 6.07) is 17.1. The SMILES string of the molecule is CC(=O)OCC(CCCc1ccccc1)Oc1ccc2c(c1)NC[C@@H]1CCC(N)C[C@@H]21. The number of carbonyl (C=O) groups is 1. The highest BCUT2D eigenvalue weighted by Crippen LogP contribution is 2.44. The average molecular weight is 423 g/mol. The molecule has 4 atom stereocenters. The van der Waals surface area contributed by atoms with E-state index in [1.165, 1.54) is 24.5 Å². The lowest BCUT2D eigenvalue weighted by molar-refractivity contribution is -0.143. The van der Waals surface area contributed by atoms with E-state index >= 15 is 0 Å². The topological polar surface area (TPSA) is 73.6 Å². The van der Waals surface area contributed by atoms with Gasteiger partial charge in [0.05, 0.1) is 0 Å². The number of ether oxygens (including phenoxy) is 2. The molecule has 5 nitrogen and oxygen atoms in total. The molecule has 2 unspecified atom stereocenters. The van der Waals surface area contributed by atoms with Crippen molar-refractivity contribution >= 4 is 11.7 Å². The molecule has 4 rings (SSSR count). The summed E-state index contributed by atoms with van der Waals surface area (Å²) in [5, 5.41) is 3.60. The summed E-state index contributed by atoms with van der Waals surface area (Å²) >= 11 is 0. The molecule has 2 aliphatic rings. The minimum absolute atomic E-state index is 0.162. The Labute approximate surface area is 185 Å². The molecule has 0 aromatic heterocycles. The van der Waals surface area contributed by atoms with Crippen LogP contribution in [0.1, 0.15) is 56.1 Å². The van der Waals surface area contributed by atoms with E-state index in [-0.39, 0.29) is 18.7 Å². The van der Waals surface area contributed by atoms with Crippen molar-refractivity contribution in [3.63, 3.8) is 0 Å². The van der Waals surface area contributed by atoms with Crippen molar-refractivity contribution in [2.75, 3.05) is 18.5 Å². The number of aryl methyl sites for hydroxylation is 1. The number of nitrogens with one attached hydrogen (secondary N) is 1. The van der Waals surface area contributed by atoms with Crippen LogP contribution in [-0.2, 0) is 16.0 Å². The Hall–Kier alpha value is -2.53. The smallest absolute Gasteiger partial charge is 0.302 e. The Balaban J connectivity index is 1.40. The van der Waals surface area contributed by atoms with Crippen molar-refractivity contribution in [1.82, 2.24) is 0 Å². The molecule has 2 aromatic rings. The molecule has 166 valence electrons. The number of benzene rings is 2. The van der Waals surface area contributed by atoms with Crippen LogP contribution in [0.15, 0.2) is 48.5 Å². The Kier molecular flexibility index (Phi) is 7.13. The maximum Gasteiger partial charge on any atom is 0.302 e. The average Bonchev–Trinajstić information content (AvgIpc) is 2.77. The van der Waals surface area contributed by atoms with Crippen LogP contribution in [0.25, 0.3) is 0 Å². The molecule has 1 aliphatic carbocycles. The predicted octanol–water partition coefficient (Wildman–Crippen LogP) is 4.66. The first-order valence-electron chi connectivity index (χ1n) is 11.6. The number of hydrogen-bond donors (Lipinski definition) is 2. The fraction of sp³-hybridized carbons (Fsp3) is 0.500. The van der Waals surface area contributed by atoms with Gasteiger partial charge in [-0.1, -0.05) is 36.4 Å². The van der Waals surface area contributed by atoms with Gasteiger partial charge in [-0.2, -0.15) is 0 Å². The second-order valence-corrected chi connectivity index (χ2v) is 8.99. The molecular weight excluding hydrogens is 388 g/mol. The van der Waals surface area contributed by atoms with Crippen molar-refractivity contribution in [3.05, 3.63) is 59.7 Å².